The first-order valence-corrected chi connectivity index (χ1v) is 8.73. The van der Waals surface area contributed by atoms with Crippen molar-refractivity contribution in [2.75, 3.05) is 0 Å². The summed E-state index contributed by atoms with van der Waals surface area (Å²) in [6.07, 6.45) is 3.29. The van der Waals surface area contributed by atoms with Crippen LogP contribution in [0.5, 0.6) is 5.75 Å². The maximum atomic E-state index is 5.79. The third-order valence-corrected chi connectivity index (χ3v) is 4.11. The topological polar surface area (TPSA) is 68.3 Å². The molecule has 0 saturated heterocycles. The highest BCUT2D eigenvalue weighted by atomic mass is 32.1. The molecule has 0 unspecified atom stereocenters. The van der Waals surface area contributed by atoms with E-state index in [0.29, 0.717) is 23.0 Å². The molecular weight excluding hydrogens is 360 g/mol. The summed E-state index contributed by atoms with van der Waals surface area (Å²) in [4.78, 5) is 0. The Kier molecular flexibility index (Phi) is 4.93. The second kappa shape index (κ2) is 7.84. The highest BCUT2D eigenvalue weighted by Crippen LogP contribution is 2.18. The zero-order valence-electron chi connectivity index (χ0n) is 14.3. The van der Waals surface area contributed by atoms with E-state index in [-0.39, 0.29) is 0 Å². The molecule has 1 N–H and O–H groups in total. The van der Waals surface area contributed by atoms with Crippen molar-refractivity contribution in [3.63, 3.8) is 0 Å². The molecule has 7 heteroatoms. The molecule has 0 aliphatic rings. The summed E-state index contributed by atoms with van der Waals surface area (Å²) in [6, 6.07) is 21.3. The molecule has 0 amide bonds. The molecule has 0 radical (unpaired) electrons. The SMILES string of the molecule is S=c1[nH]nc(-c2ccco2)n1N=Cc1ccc(OCc2ccccc2)cc1. The van der Waals surface area contributed by atoms with Gasteiger partial charge in [0.1, 0.15) is 12.4 Å². The van der Waals surface area contributed by atoms with Crippen molar-refractivity contribution in [1.82, 2.24) is 14.9 Å². The zero-order chi connectivity index (χ0) is 18.5. The number of hydrogen-bond acceptors (Lipinski definition) is 5. The first-order valence-electron chi connectivity index (χ1n) is 8.32. The zero-order valence-corrected chi connectivity index (χ0v) is 15.1. The average Bonchev–Trinajstić information content (AvgIpc) is 3.36. The fraction of sp³-hybridized carbons (Fsp3) is 0.0500. The standard InChI is InChI=1S/C20H16N4O2S/c27-20-23-22-19(18-7-4-12-25-18)24(20)21-13-15-8-10-17(11-9-15)26-14-16-5-2-1-3-6-16/h1-13H,14H2,(H,23,27). The van der Waals surface area contributed by atoms with Gasteiger partial charge in [-0.1, -0.05) is 30.3 Å². The number of aromatic nitrogens is 3. The monoisotopic (exact) mass is 376 g/mol. The van der Waals surface area contributed by atoms with Crippen LogP contribution in [0.3, 0.4) is 0 Å². The highest BCUT2D eigenvalue weighted by molar-refractivity contribution is 7.71. The van der Waals surface area contributed by atoms with E-state index in [4.69, 9.17) is 21.4 Å². The first kappa shape index (κ1) is 17.0. The molecule has 4 rings (SSSR count). The van der Waals surface area contributed by atoms with E-state index in [1.54, 1.807) is 24.6 Å². The molecule has 27 heavy (non-hydrogen) atoms. The molecule has 0 aliphatic heterocycles. The van der Waals surface area contributed by atoms with Crippen LogP contribution in [0.15, 0.2) is 82.5 Å². The van der Waals surface area contributed by atoms with E-state index in [9.17, 15) is 0 Å². The second-order valence-corrected chi connectivity index (χ2v) is 6.12. The molecular formula is C20H16N4O2S. The average molecular weight is 376 g/mol. The maximum Gasteiger partial charge on any atom is 0.219 e. The van der Waals surface area contributed by atoms with Crippen molar-refractivity contribution in [1.29, 1.82) is 0 Å². The predicted molar refractivity (Wildman–Crippen MR) is 105 cm³/mol. The Hall–Kier alpha value is -3.45. The number of nitrogens with zero attached hydrogens (tertiary/aromatic N) is 3. The predicted octanol–water partition coefficient (Wildman–Crippen LogP) is 4.66. The van der Waals surface area contributed by atoms with Gasteiger partial charge in [-0.25, -0.2) is 5.10 Å². The van der Waals surface area contributed by atoms with Gasteiger partial charge in [0.15, 0.2) is 5.76 Å². The van der Waals surface area contributed by atoms with E-state index in [0.717, 1.165) is 16.9 Å². The van der Waals surface area contributed by atoms with Gasteiger partial charge in [-0.15, -0.1) is 5.10 Å². The summed E-state index contributed by atoms with van der Waals surface area (Å²) < 4.78 is 13.1. The molecule has 0 bridgehead atoms. The molecule has 6 nitrogen and oxygen atoms in total. The Labute approximate surface area is 160 Å². The molecule has 0 saturated carbocycles. The van der Waals surface area contributed by atoms with Gasteiger partial charge in [-0.05, 0) is 59.7 Å². The van der Waals surface area contributed by atoms with Gasteiger partial charge in [-0.2, -0.15) is 9.78 Å². The minimum Gasteiger partial charge on any atom is -0.489 e. The number of rotatable bonds is 6. The fourth-order valence-corrected chi connectivity index (χ4v) is 2.66. The lowest BCUT2D eigenvalue weighted by atomic mass is 10.2. The molecule has 0 atom stereocenters. The van der Waals surface area contributed by atoms with Crippen LogP contribution in [0, 0.1) is 4.77 Å². The summed E-state index contributed by atoms with van der Waals surface area (Å²) in [5.74, 6) is 1.90. The number of furan rings is 1. The van der Waals surface area contributed by atoms with E-state index in [2.05, 4.69) is 15.3 Å². The number of H-pyrrole nitrogens is 1. The number of aromatic amines is 1. The quantitative estimate of drug-likeness (QED) is 0.392. The second-order valence-electron chi connectivity index (χ2n) is 5.73. The highest BCUT2D eigenvalue weighted by Gasteiger charge is 2.10. The van der Waals surface area contributed by atoms with Crippen molar-refractivity contribution in [3.8, 4) is 17.3 Å². The normalized spacial score (nSPS) is 11.1. The van der Waals surface area contributed by atoms with Crippen LogP contribution in [0.4, 0.5) is 0 Å². The summed E-state index contributed by atoms with van der Waals surface area (Å²) in [5, 5.41) is 11.3. The number of ether oxygens (including phenoxy) is 1. The van der Waals surface area contributed by atoms with Crippen LogP contribution in [0.25, 0.3) is 11.6 Å². The van der Waals surface area contributed by atoms with Crippen LogP contribution in [0.1, 0.15) is 11.1 Å². The number of benzene rings is 2. The molecule has 0 fully saturated rings. The Balaban J connectivity index is 1.46. The Morgan fingerprint density at radius 1 is 1.07 bits per heavy atom. The number of nitrogens with one attached hydrogen (secondary N) is 1. The minimum absolute atomic E-state index is 0.389. The largest absolute Gasteiger partial charge is 0.489 e. The summed E-state index contributed by atoms with van der Waals surface area (Å²) >= 11 is 5.23. The fourth-order valence-electron chi connectivity index (χ4n) is 2.48. The maximum absolute atomic E-state index is 5.79. The van der Waals surface area contributed by atoms with Gasteiger partial charge in [0.25, 0.3) is 0 Å². The van der Waals surface area contributed by atoms with Gasteiger partial charge in [0, 0.05) is 0 Å². The molecule has 2 heterocycles. The lowest BCUT2D eigenvalue weighted by Gasteiger charge is -2.06. The van der Waals surface area contributed by atoms with Crippen LogP contribution < -0.4 is 4.74 Å². The third-order valence-electron chi connectivity index (χ3n) is 3.84. The Morgan fingerprint density at radius 2 is 1.89 bits per heavy atom. The van der Waals surface area contributed by atoms with Gasteiger partial charge in [0.2, 0.25) is 10.6 Å². The van der Waals surface area contributed by atoms with Crippen LogP contribution >= 0.6 is 12.2 Å². The Morgan fingerprint density at radius 3 is 2.63 bits per heavy atom. The van der Waals surface area contributed by atoms with Crippen LogP contribution in [-0.4, -0.2) is 21.1 Å². The smallest absolute Gasteiger partial charge is 0.219 e. The number of hydrogen-bond donors (Lipinski definition) is 1. The van der Waals surface area contributed by atoms with Crippen LogP contribution in [-0.2, 0) is 6.61 Å². The molecule has 2 aromatic heterocycles. The molecule has 134 valence electrons. The summed E-state index contributed by atoms with van der Waals surface area (Å²) in [5.41, 5.74) is 2.04. The van der Waals surface area contributed by atoms with Crippen molar-refractivity contribution in [2.45, 2.75) is 6.61 Å². The molecule has 2 aromatic carbocycles. The summed E-state index contributed by atoms with van der Waals surface area (Å²) in [7, 11) is 0. The first-order chi connectivity index (χ1) is 13.3. The molecule has 0 aliphatic carbocycles. The molecule has 0 spiro atoms. The minimum atomic E-state index is 0.389. The van der Waals surface area contributed by atoms with Gasteiger partial charge < -0.3 is 9.15 Å². The van der Waals surface area contributed by atoms with Gasteiger partial charge in [0.05, 0.1) is 12.5 Å². The summed E-state index contributed by atoms with van der Waals surface area (Å²) in [6.45, 7) is 0.533. The van der Waals surface area contributed by atoms with Crippen molar-refractivity contribution < 1.29 is 9.15 Å². The van der Waals surface area contributed by atoms with E-state index in [1.165, 1.54) is 4.68 Å². The van der Waals surface area contributed by atoms with E-state index >= 15 is 0 Å². The lowest BCUT2D eigenvalue weighted by molar-refractivity contribution is 0.306. The van der Waals surface area contributed by atoms with E-state index < -0.39 is 0 Å². The van der Waals surface area contributed by atoms with E-state index in [1.807, 2.05) is 54.6 Å². The third kappa shape index (κ3) is 4.04. The lowest BCUT2D eigenvalue weighted by Crippen LogP contribution is -1.96. The van der Waals surface area contributed by atoms with Crippen LogP contribution in [0.2, 0.25) is 0 Å². The Bertz CT molecular complexity index is 1080. The molecule has 4 aromatic rings. The van der Waals surface area contributed by atoms with Crippen molar-refractivity contribution >= 4 is 18.4 Å². The van der Waals surface area contributed by atoms with Gasteiger partial charge >= 0.3 is 0 Å². The van der Waals surface area contributed by atoms with Crippen molar-refractivity contribution in [2.24, 2.45) is 5.10 Å². The van der Waals surface area contributed by atoms with Crippen molar-refractivity contribution in [3.05, 3.63) is 88.9 Å². The van der Waals surface area contributed by atoms with Gasteiger partial charge in [-0.3, -0.25) is 0 Å².